The maximum Gasteiger partial charge on any atom is 0.316 e. The molecule has 5 heteroatoms. The summed E-state index contributed by atoms with van der Waals surface area (Å²) in [4.78, 5) is 26.1. The molecule has 0 unspecified atom stereocenters. The van der Waals surface area contributed by atoms with Crippen molar-refractivity contribution in [3.8, 4) is 0 Å². The molecule has 0 aliphatic heterocycles. The number of carbonyl (C=O) groups is 2. The Morgan fingerprint density at radius 2 is 1.57 bits per heavy atom. The zero-order valence-electron chi connectivity index (χ0n) is 12.7. The quantitative estimate of drug-likeness (QED) is 0.503. The van der Waals surface area contributed by atoms with E-state index in [2.05, 4.69) is 5.32 Å². The average molecular weight is 331 g/mol. The van der Waals surface area contributed by atoms with Gasteiger partial charge in [0.15, 0.2) is 0 Å². The fraction of sp³-hybridized carbons (Fsp3) is 0.222. The van der Waals surface area contributed by atoms with E-state index < -0.39 is 11.8 Å². The minimum atomic E-state index is -0.616. The Balaban J connectivity index is 2.16. The van der Waals surface area contributed by atoms with E-state index >= 15 is 0 Å². The lowest BCUT2D eigenvalue weighted by Crippen LogP contribution is -2.43. The van der Waals surface area contributed by atoms with Gasteiger partial charge in [-0.15, -0.1) is 11.6 Å². The largest absolute Gasteiger partial charge is 0.348 e. The molecule has 0 fully saturated rings. The SMILES string of the molecule is O=C(NCCCCl)C(=O)N(Cc1ccccc1)c1ccccc1. The van der Waals surface area contributed by atoms with Crippen LogP contribution in [0.15, 0.2) is 60.7 Å². The predicted octanol–water partition coefficient (Wildman–Crippen LogP) is 2.96. The minimum Gasteiger partial charge on any atom is -0.348 e. The molecular formula is C18H19ClN2O2. The third kappa shape index (κ3) is 5.11. The highest BCUT2D eigenvalue weighted by molar-refractivity contribution is 6.40. The zero-order chi connectivity index (χ0) is 16.5. The number of anilines is 1. The minimum absolute atomic E-state index is 0.340. The highest BCUT2D eigenvalue weighted by Gasteiger charge is 2.23. The molecule has 0 saturated heterocycles. The molecule has 0 aromatic heterocycles. The van der Waals surface area contributed by atoms with E-state index in [-0.39, 0.29) is 0 Å². The van der Waals surface area contributed by atoms with Crippen LogP contribution in [0.1, 0.15) is 12.0 Å². The monoisotopic (exact) mass is 330 g/mol. The molecule has 0 atom stereocenters. The van der Waals surface area contributed by atoms with E-state index in [0.717, 1.165) is 5.56 Å². The van der Waals surface area contributed by atoms with Crippen molar-refractivity contribution in [2.24, 2.45) is 0 Å². The second-order valence-corrected chi connectivity index (χ2v) is 5.39. The molecule has 2 rings (SSSR count). The van der Waals surface area contributed by atoms with Crippen LogP contribution in [0, 0.1) is 0 Å². The summed E-state index contributed by atoms with van der Waals surface area (Å²) < 4.78 is 0. The van der Waals surface area contributed by atoms with Crippen molar-refractivity contribution in [1.82, 2.24) is 5.32 Å². The number of amides is 2. The Morgan fingerprint density at radius 3 is 2.17 bits per heavy atom. The van der Waals surface area contributed by atoms with Crippen molar-refractivity contribution in [3.05, 3.63) is 66.2 Å². The number of nitrogens with zero attached hydrogens (tertiary/aromatic N) is 1. The summed E-state index contributed by atoms with van der Waals surface area (Å²) in [5.74, 6) is -0.745. The Hall–Kier alpha value is -2.33. The van der Waals surface area contributed by atoms with Crippen LogP contribution in [0.5, 0.6) is 0 Å². The molecule has 0 aliphatic carbocycles. The van der Waals surface area contributed by atoms with E-state index in [1.807, 2.05) is 60.7 Å². The lowest BCUT2D eigenvalue weighted by Gasteiger charge is -2.22. The van der Waals surface area contributed by atoms with Crippen molar-refractivity contribution < 1.29 is 9.59 Å². The van der Waals surface area contributed by atoms with Crippen molar-refractivity contribution in [2.75, 3.05) is 17.3 Å². The summed E-state index contributed by atoms with van der Waals surface area (Å²) in [5.41, 5.74) is 1.65. The molecule has 0 aliphatic rings. The molecule has 0 spiro atoms. The van der Waals surface area contributed by atoms with Gasteiger partial charge in [0.1, 0.15) is 0 Å². The topological polar surface area (TPSA) is 49.4 Å². The molecule has 2 aromatic rings. The lowest BCUT2D eigenvalue weighted by molar-refractivity contribution is -0.137. The van der Waals surface area contributed by atoms with Gasteiger partial charge >= 0.3 is 11.8 Å². The second kappa shape index (κ2) is 8.96. The molecular weight excluding hydrogens is 312 g/mol. The lowest BCUT2D eigenvalue weighted by atomic mass is 10.2. The first-order chi connectivity index (χ1) is 11.2. The number of benzene rings is 2. The summed E-state index contributed by atoms with van der Waals surface area (Å²) in [7, 11) is 0. The summed E-state index contributed by atoms with van der Waals surface area (Å²) in [6.45, 7) is 0.731. The Bertz CT molecular complexity index is 632. The van der Waals surface area contributed by atoms with Gasteiger partial charge in [0.05, 0.1) is 6.54 Å². The van der Waals surface area contributed by atoms with Crippen molar-refractivity contribution in [1.29, 1.82) is 0 Å². The molecule has 4 nitrogen and oxygen atoms in total. The van der Waals surface area contributed by atoms with Crippen LogP contribution in [0.4, 0.5) is 5.69 Å². The number of halogens is 1. The van der Waals surface area contributed by atoms with Gasteiger partial charge in [-0.3, -0.25) is 14.5 Å². The van der Waals surface area contributed by atoms with E-state index in [4.69, 9.17) is 11.6 Å². The van der Waals surface area contributed by atoms with Crippen LogP contribution in [0.25, 0.3) is 0 Å². The van der Waals surface area contributed by atoms with Crippen molar-refractivity contribution in [2.45, 2.75) is 13.0 Å². The molecule has 2 aromatic carbocycles. The number of para-hydroxylation sites is 1. The van der Waals surface area contributed by atoms with Gasteiger partial charge in [-0.05, 0) is 24.1 Å². The smallest absolute Gasteiger partial charge is 0.316 e. The van der Waals surface area contributed by atoms with E-state index in [0.29, 0.717) is 31.1 Å². The van der Waals surface area contributed by atoms with Crippen LogP contribution in [0.2, 0.25) is 0 Å². The summed E-state index contributed by atoms with van der Waals surface area (Å²) in [6, 6.07) is 18.8. The van der Waals surface area contributed by atoms with Crippen LogP contribution in [-0.2, 0) is 16.1 Å². The standard InChI is InChI=1S/C18H19ClN2O2/c19-12-7-13-20-17(22)18(23)21(16-10-5-2-6-11-16)14-15-8-3-1-4-9-15/h1-6,8-11H,7,12-14H2,(H,20,22). The Morgan fingerprint density at radius 1 is 0.957 bits per heavy atom. The van der Waals surface area contributed by atoms with E-state index in [9.17, 15) is 9.59 Å². The molecule has 0 bridgehead atoms. The number of carbonyl (C=O) groups excluding carboxylic acids is 2. The molecule has 0 heterocycles. The molecule has 1 N–H and O–H groups in total. The predicted molar refractivity (Wildman–Crippen MR) is 92.4 cm³/mol. The first-order valence-electron chi connectivity index (χ1n) is 7.47. The van der Waals surface area contributed by atoms with E-state index in [1.165, 1.54) is 4.90 Å². The number of hydrogen-bond acceptors (Lipinski definition) is 2. The van der Waals surface area contributed by atoms with Gasteiger partial charge in [-0.2, -0.15) is 0 Å². The summed E-state index contributed by atoms with van der Waals surface area (Å²) in [6.07, 6.45) is 0.630. The molecule has 23 heavy (non-hydrogen) atoms. The highest BCUT2D eigenvalue weighted by Crippen LogP contribution is 2.17. The molecule has 0 radical (unpaired) electrons. The van der Waals surface area contributed by atoms with Gasteiger partial charge in [0, 0.05) is 18.1 Å². The third-order valence-electron chi connectivity index (χ3n) is 3.29. The van der Waals surface area contributed by atoms with Crippen LogP contribution < -0.4 is 10.2 Å². The number of nitrogens with one attached hydrogen (secondary N) is 1. The maximum absolute atomic E-state index is 12.5. The van der Waals surface area contributed by atoms with Gasteiger partial charge < -0.3 is 5.32 Å². The van der Waals surface area contributed by atoms with Crippen LogP contribution >= 0.6 is 11.6 Å². The summed E-state index contributed by atoms with van der Waals surface area (Å²) in [5, 5.41) is 2.60. The molecule has 0 saturated carbocycles. The van der Waals surface area contributed by atoms with Gasteiger partial charge in [-0.25, -0.2) is 0 Å². The Kier molecular flexibility index (Phi) is 6.63. The average Bonchev–Trinajstić information content (AvgIpc) is 2.61. The maximum atomic E-state index is 12.5. The van der Waals surface area contributed by atoms with Gasteiger partial charge in [0.2, 0.25) is 0 Å². The zero-order valence-corrected chi connectivity index (χ0v) is 13.5. The summed E-state index contributed by atoms with van der Waals surface area (Å²) >= 11 is 5.58. The first-order valence-corrected chi connectivity index (χ1v) is 8.00. The number of rotatable bonds is 6. The first kappa shape index (κ1) is 17.0. The van der Waals surface area contributed by atoms with Gasteiger partial charge in [-0.1, -0.05) is 48.5 Å². The van der Waals surface area contributed by atoms with Crippen molar-refractivity contribution in [3.63, 3.8) is 0 Å². The molecule has 120 valence electrons. The fourth-order valence-electron chi connectivity index (χ4n) is 2.12. The fourth-order valence-corrected chi connectivity index (χ4v) is 2.25. The van der Waals surface area contributed by atoms with Crippen molar-refractivity contribution >= 4 is 29.1 Å². The van der Waals surface area contributed by atoms with Gasteiger partial charge in [0.25, 0.3) is 0 Å². The van der Waals surface area contributed by atoms with Crippen LogP contribution in [0.3, 0.4) is 0 Å². The third-order valence-corrected chi connectivity index (χ3v) is 3.55. The van der Waals surface area contributed by atoms with E-state index in [1.54, 1.807) is 0 Å². The van der Waals surface area contributed by atoms with Crippen LogP contribution in [-0.4, -0.2) is 24.2 Å². The molecule has 2 amide bonds. The number of alkyl halides is 1. The second-order valence-electron chi connectivity index (χ2n) is 5.01. The number of hydrogen-bond donors (Lipinski definition) is 1. The normalized spacial score (nSPS) is 10.1. The highest BCUT2D eigenvalue weighted by atomic mass is 35.5. The Labute approximate surface area is 141 Å².